The first-order valence-electron chi connectivity index (χ1n) is 16.1. The minimum atomic E-state index is -2.29. The second-order valence-electron chi connectivity index (χ2n) is 18.2. The molecule has 252 valence electrons. The molecule has 3 heterocycles. The number of halogens is 1. The van der Waals surface area contributed by atoms with Crippen molar-refractivity contribution in [1.82, 2.24) is 19.5 Å². The fourth-order valence-corrected chi connectivity index (χ4v) is 9.07. The van der Waals surface area contributed by atoms with Crippen LogP contribution in [0.1, 0.15) is 68.5 Å². The van der Waals surface area contributed by atoms with Crippen LogP contribution in [0.3, 0.4) is 0 Å². The molecule has 1 fully saturated rings. The predicted molar refractivity (Wildman–Crippen MR) is 195 cm³/mol. The Morgan fingerprint density at radius 2 is 1.23 bits per heavy atom. The highest BCUT2D eigenvalue weighted by Gasteiger charge is 2.55. The zero-order chi connectivity index (χ0) is 34.1. The van der Waals surface area contributed by atoms with Crippen LogP contribution in [0.5, 0.6) is 0 Å². The van der Waals surface area contributed by atoms with E-state index >= 15 is 0 Å². The molecule has 13 heteroatoms. The Hall–Kier alpha value is -0.452. The summed E-state index contributed by atoms with van der Waals surface area (Å²) >= 11 is 6.72. The third kappa shape index (κ3) is 7.81. The first-order valence-corrected chi connectivity index (χ1v) is 28.7. The standard InChI is InChI=1S/C31H61ClN4O4Si4/c1-29(2,3)42(13,14)37-19-21-23(39-43(15,16)30(4,5)6)24(40-44(17,18)31(7,8)9)27(38-21)36-20-33-22-25(32)34-28(35-26(22)36)41(10,11)12/h20-21,23-24,27H,19H2,1-18H3/t21-,23-,24-,27-/m1/s1. The minimum Gasteiger partial charge on any atom is -0.414 e. The van der Waals surface area contributed by atoms with Gasteiger partial charge in [-0.25, -0.2) is 15.0 Å². The van der Waals surface area contributed by atoms with E-state index in [1.54, 1.807) is 6.33 Å². The Kier molecular flexibility index (Phi) is 10.5. The molecule has 44 heavy (non-hydrogen) atoms. The Morgan fingerprint density at radius 1 is 0.750 bits per heavy atom. The summed E-state index contributed by atoms with van der Waals surface area (Å²) in [7, 11) is -8.49. The third-order valence-electron chi connectivity index (χ3n) is 10.5. The molecule has 0 unspecified atom stereocenters. The second-order valence-corrected chi connectivity index (χ2v) is 37.9. The molecular weight excluding hydrogens is 640 g/mol. The minimum absolute atomic E-state index is 0.00609. The molecule has 0 radical (unpaired) electrons. The van der Waals surface area contributed by atoms with Crippen molar-refractivity contribution < 1.29 is 18.0 Å². The van der Waals surface area contributed by atoms with E-state index in [1.807, 2.05) is 4.57 Å². The molecule has 0 aliphatic carbocycles. The summed E-state index contributed by atoms with van der Waals surface area (Å²) in [6.45, 7) is 41.3. The van der Waals surface area contributed by atoms with E-state index in [2.05, 4.69) is 131 Å². The normalized spacial score (nSPS) is 23.2. The third-order valence-corrected chi connectivity index (χ3v) is 25.8. The smallest absolute Gasteiger partial charge is 0.192 e. The van der Waals surface area contributed by atoms with Gasteiger partial charge < -0.3 is 18.0 Å². The highest BCUT2D eigenvalue weighted by atomic mass is 35.5. The van der Waals surface area contributed by atoms with Gasteiger partial charge in [-0.2, -0.15) is 0 Å². The van der Waals surface area contributed by atoms with Crippen molar-refractivity contribution in [2.75, 3.05) is 6.61 Å². The number of imidazole rings is 1. The van der Waals surface area contributed by atoms with Gasteiger partial charge >= 0.3 is 0 Å². The van der Waals surface area contributed by atoms with Gasteiger partial charge in [0.15, 0.2) is 42.0 Å². The van der Waals surface area contributed by atoms with E-state index in [0.29, 0.717) is 22.9 Å². The number of aromatic nitrogens is 4. The van der Waals surface area contributed by atoms with Crippen molar-refractivity contribution in [3.63, 3.8) is 0 Å². The van der Waals surface area contributed by atoms with Crippen molar-refractivity contribution >= 4 is 61.2 Å². The molecule has 3 rings (SSSR count). The van der Waals surface area contributed by atoms with Gasteiger partial charge in [0.1, 0.15) is 37.4 Å². The Bertz CT molecular complexity index is 1320. The van der Waals surface area contributed by atoms with Crippen molar-refractivity contribution in [1.29, 1.82) is 0 Å². The Labute approximate surface area is 276 Å². The maximum Gasteiger partial charge on any atom is 0.192 e. The van der Waals surface area contributed by atoms with Crippen LogP contribution in [0.2, 0.25) is 79.2 Å². The van der Waals surface area contributed by atoms with Gasteiger partial charge in [-0.05, 0) is 54.4 Å². The summed E-state index contributed by atoms with van der Waals surface area (Å²) in [4.78, 5) is 14.4. The Balaban J connectivity index is 2.23. The number of fused-ring (bicyclic) bond motifs is 1. The maximum absolute atomic E-state index is 7.33. The summed E-state index contributed by atoms with van der Waals surface area (Å²) in [5.41, 5.74) is 2.04. The van der Waals surface area contributed by atoms with E-state index < -0.39 is 39.3 Å². The lowest BCUT2D eigenvalue weighted by atomic mass is 10.1. The van der Waals surface area contributed by atoms with Crippen molar-refractivity contribution in [2.24, 2.45) is 0 Å². The molecule has 0 amide bonds. The Morgan fingerprint density at radius 3 is 1.68 bits per heavy atom. The largest absolute Gasteiger partial charge is 0.414 e. The molecule has 2 aromatic heterocycles. The number of rotatable bonds is 9. The zero-order valence-corrected chi connectivity index (χ0v) is 35.6. The molecule has 0 spiro atoms. The molecule has 2 aromatic rings. The summed E-state index contributed by atoms with van der Waals surface area (Å²) in [5, 5.41) is 0.436. The average Bonchev–Trinajstić information content (AvgIpc) is 3.36. The lowest BCUT2D eigenvalue weighted by molar-refractivity contribution is -0.0470. The number of hydrogen-bond acceptors (Lipinski definition) is 7. The highest BCUT2D eigenvalue weighted by molar-refractivity contribution is 6.87. The molecule has 0 aromatic carbocycles. The predicted octanol–water partition coefficient (Wildman–Crippen LogP) is 8.72. The van der Waals surface area contributed by atoms with Crippen LogP contribution >= 0.6 is 11.6 Å². The second kappa shape index (κ2) is 12.2. The molecule has 4 atom stereocenters. The van der Waals surface area contributed by atoms with Gasteiger partial charge in [-0.15, -0.1) is 0 Å². The summed E-state index contributed by atoms with van der Waals surface area (Å²) < 4.78 is 30.5. The number of ether oxygens (including phenoxy) is 1. The van der Waals surface area contributed by atoms with Gasteiger partial charge in [-0.1, -0.05) is 93.6 Å². The van der Waals surface area contributed by atoms with Gasteiger partial charge in [0, 0.05) is 0 Å². The van der Waals surface area contributed by atoms with Crippen molar-refractivity contribution in [2.45, 2.75) is 161 Å². The number of hydrogen-bond donors (Lipinski definition) is 0. The van der Waals surface area contributed by atoms with Gasteiger partial charge in [-0.3, -0.25) is 4.57 Å². The highest BCUT2D eigenvalue weighted by Crippen LogP contribution is 2.47. The molecule has 1 aliphatic rings. The monoisotopic (exact) mass is 700 g/mol. The van der Waals surface area contributed by atoms with Crippen LogP contribution in [-0.2, 0) is 18.0 Å². The van der Waals surface area contributed by atoms with E-state index in [4.69, 9.17) is 34.6 Å². The van der Waals surface area contributed by atoms with Crippen LogP contribution in [0.25, 0.3) is 11.2 Å². The van der Waals surface area contributed by atoms with Crippen molar-refractivity contribution in [3.8, 4) is 0 Å². The summed E-state index contributed by atoms with van der Waals surface area (Å²) in [6, 6.07) is 0. The quantitative estimate of drug-likeness (QED) is 0.191. The first kappa shape index (κ1) is 38.0. The fourth-order valence-electron chi connectivity index (χ4n) is 4.28. The SMILES string of the molecule is CC(C)(C)[Si](C)(C)OC[C@H]1O[C@@H](n2cnc3c(Cl)nc([Si](C)(C)C)nc32)[C@H](O[Si](C)(C)C(C)(C)C)[C@@H]1O[Si](C)(C)C(C)(C)C. The average molecular weight is 702 g/mol. The van der Waals surface area contributed by atoms with Crippen LogP contribution in [0.4, 0.5) is 0 Å². The van der Waals surface area contributed by atoms with E-state index in [-0.39, 0.29) is 33.4 Å². The molecule has 0 bridgehead atoms. The van der Waals surface area contributed by atoms with E-state index in [1.165, 1.54) is 0 Å². The van der Waals surface area contributed by atoms with E-state index in [0.717, 1.165) is 5.45 Å². The molecule has 0 N–H and O–H groups in total. The lowest BCUT2D eigenvalue weighted by Crippen LogP contribution is -2.54. The first-order chi connectivity index (χ1) is 19.5. The van der Waals surface area contributed by atoms with Gasteiger partial charge in [0.05, 0.1) is 12.9 Å². The van der Waals surface area contributed by atoms with Crippen LogP contribution in [0.15, 0.2) is 6.33 Å². The van der Waals surface area contributed by atoms with Gasteiger partial charge in [0.2, 0.25) is 0 Å². The maximum atomic E-state index is 7.33. The zero-order valence-electron chi connectivity index (χ0n) is 30.9. The molecule has 8 nitrogen and oxygen atoms in total. The summed E-state index contributed by atoms with van der Waals surface area (Å²) in [6.07, 6.45) is 0.221. The van der Waals surface area contributed by atoms with Crippen LogP contribution in [-0.4, -0.2) is 77.5 Å². The van der Waals surface area contributed by atoms with Crippen LogP contribution < -0.4 is 5.45 Å². The topological polar surface area (TPSA) is 80.5 Å². The fraction of sp³-hybridized carbons (Fsp3) is 0.839. The van der Waals surface area contributed by atoms with Crippen LogP contribution in [0, 0.1) is 0 Å². The van der Waals surface area contributed by atoms with Crippen molar-refractivity contribution in [3.05, 3.63) is 11.5 Å². The molecule has 1 saturated heterocycles. The summed E-state index contributed by atoms with van der Waals surface area (Å²) in [5.74, 6) is 0. The number of nitrogens with zero attached hydrogens (tertiary/aromatic N) is 4. The van der Waals surface area contributed by atoms with Gasteiger partial charge in [0.25, 0.3) is 0 Å². The lowest BCUT2D eigenvalue weighted by Gasteiger charge is -2.44. The molecular formula is C31H61ClN4O4Si4. The molecule has 0 saturated carbocycles. The van der Waals surface area contributed by atoms with E-state index in [9.17, 15) is 0 Å². The molecule has 1 aliphatic heterocycles.